The smallest absolute Gasteiger partial charge is 0.263 e. The van der Waals surface area contributed by atoms with Crippen molar-refractivity contribution in [2.24, 2.45) is 13.0 Å². The Morgan fingerprint density at radius 3 is 3.00 bits per heavy atom. The van der Waals surface area contributed by atoms with Gasteiger partial charge in [0.25, 0.3) is 5.56 Å². The van der Waals surface area contributed by atoms with Crippen molar-refractivity contribution in [2.45, 2.75) is 39.7 Å². The number of H-pyrrole nitrogens is 1. The summed E-state index contributed by atoms with van der Waals surface area (Å²) in [6.07, 6.45) is 5.01. The Morgan fingerprint density at radius 2 is 2.29 bits per heavy atom. The first kappa shape index (κ1) is 15.8. The van der Waals surface area contributed by atoms with Gasteiger partial charge in [-0.2, -0.15) is 5.10 Å². The first-order valence-electron chi connectivity index (χ1n) is 8.20. The van der Waals surface area contributed by atoms with E-state index in [0.717, 1.165) is 40.7 Å². The van der Waals surface area contributed by atoms with Crippen molar-refractivity contribution in [3.8, 4) is 0 Å². The molecule has 0 radical (unpaired) electrons. The second kappa shape index (κ2) is 5.67. The Hall–Kier alpha value is -1.73. The first-order valence-corrected chi connectivity index (χ1v) is 9.43. The molecule has 7 heteroatoms. The van der Waals surface area contributed by atoms with Gasteiger partial charge in [0.1, 0.15) is 4.83 Å². The number of aromatic amines is 1. The molecule has 5 nitrogen and oxygen atoms in total. The van der Waals surface area contributed by atoms with Crippen LogP contribution in [-0.2, 0) is 26.4 Å². The second-order valence-electron chi connectivity index (χ2n) is 6.76. The summed E-state index contributed by atoms with van der Waals surface area (Å²) in [5.74, 6) is 0.689. The van der Waals surface area contributed by atoms with E-state index in [1.54, 1.807) is 15.9 Å². The quantitative estimate of drug-likeness (QED) is 0.713. The average Bonchev–Trinajstić information content (AvgIpc) is 3.04. The molecule has 0 amide bonds. The zero-order valence-electron chi connectivity index (χ0n) is 14.0. The molecule has 0 bridgehead atoms. The van der Waals surface area contributed by atoms with Crippen molar-refractivity contribution < 1.29 is 0 Å². The molecule has 1 atom stereocenters. The molecule has 3 heterocycles. The van der Waals surface area contributed by atoms with Gasteiger partial charge < -0.3 is 4.98 Å². The third kappa shape index (κ3) is 2.38. The van der Waals surface area contributed by atoms with Crippen molar-refractivity contribution in [2.75, 3.05) is 0 Å². The van der Waals surface area contributed by atoms with Gasteiger partial charge in [-0.1, -0.05) is 6.92 Å². The van der Waals surface area contributed by atoms with E-state index in [1.165, 1.54) is 10.4 Å². The Balaban J connectivity index is 1.89. The van der Waals surface area contributed by atoms with Crippen LogP contribution < -0.4 is 5.56 Å². The molecular formula is C17H20N4OS2. The molecule has 0 aromatic carbocycles. The van der Waals surface area contributed by atoms with Crippen molar-refractivity contribution in [3.63, 3.8) is 0 Å². The number of rotatable bonds is 2. The maximum absolute atomic E-state index is 13.1. The summed E-state index contributed by atoms with van der Waals surface area (Å²) in [5.41, 5.74) is 3.35. The number of thiophene rings is 1. The number of aromatic nitrogens is 4. The van der Waals surface area contributed by atoms with Crippen LogP contribution in [0, 0.1) is 17.6 Å². The summed E-state index contributed by atoms with van der Waals surface area (Å²) in [6.45, 7) is 4.75. The number of hydrogen-bond donors (Lipinski definition) is 1. The molecule has 0 saturated carbocycles. The van der Waals surface area contributed by atoms with Crippen molar-refractivity contribution in [3.05, 3.63) is 43.0 Å². The third-order valence-corrected chi connectivity index (χ3v) is 6.59. The standard InChI is InChI=1S/C17H20N4OS2/c1-9-4-5-12-13(6-9)24-15-14(12)16(22)21(17(23)19-15)8-11-7-18-20(3)10(11)2/h7,9H,4-6,8H2,1-3H3,(H,19,23). The maximum Gasteiger partial charge on any atom is 0.263 e. The second-order valence-corrected chi connectivity index (χ2v) is 8.25. The molecule has 0 spiro atoms. The number of nitrogens with zero attached hydrogens (tertiary/aromatic N) is 3. The summed E-state index contributed by atoms with van der Waals surface area (Å²) in [5, 5.41) is 5.11. The van der Waals surface area contributed by atoms with Gasteiger partial charge in [-0.15, -0.1) is 11.3 Å². The minimum Gasteiger partial charge on any atom is -0.323 e. The van der Waals surface area contributed by atoms with Gasteiger partial charge in [-0.05, 0) is 49.9 Å². The zero-order chi connectivity index (χ0) is 17.0. The molecule has 0 fully saturated rings. The lowest BCUT2D eigenvalue weighted by Gasteiger charge is -2.17. The zero-order valence-corrected chi connectivity index (χ0v) is 15.7. The van der Waals surface area contributed by atoms with E-state index >= 15 is 0 Å². The van der Waals surface area contributed by atoms with Gasteiger partial charge in [0, 0.05) is 23.2 Å². The van der Waals surface area contributed by atoms with Crippen LogP contribution in [0.3, 0.4) is 0 Å². The molecule has 3 aromatic heterocycles. The van der Waals surface area contributed by atoms with Gasteiger partial charge in [0.2, 0.25) is 0 Å². The molecule has 4 rings (SSSR count). The van der Waals surface area contributed by atoms with E-state index in [2.05, 4.69) is 17.0 Å². The summed E-state index contributed by atoms with van der Waals surface area (Å²) in [4.78, 5) is 18.7. The highest BCUT2D eigenvalue weighted by Crippen LogP contribution is 2.35. The minimum atomic E-state index is 0.0315. The molecule has 1 unspecified atom stereocenters. The van der Waals surface area contributed by atoms with Crippen LogP contribution in [-0.4, -0.2) is 19.3 Å². The highest BCUT2D eigenvalue weighted by atomic mass is 32.1. The fourth-order valence-electron chi connectivity index (χ4n) is 3.47. The first-order chi connectivity index (χ1) is 11.5. The van der Waals surface area contributed by atoms with E-state index in [1.807, 2.05) is 24.9 Å². The molecule has 126 valence electrons. The molecule has 1 aliphatic rings. The molecular weight excluding hydrogens is 340 g/mol. The van der Waals surface area contributed by atoms with Gasteiger partial charge >= 0.3 is 0 Å². The summed E-state index contributed by atoms with van der Waals surface area (Å²) < 4.78 is 3.98. The molecule has 1 aliphatic carbocycles. The average molecular weight is 361 g/mol. The van der Waals surface area contributed by atoms with Crippen LogP contribution in [0.2, 0.25) is 0 Å². The normalized spacial score (nSPS) is 17.4. The van der Waals surface area contributed by atoms with E-state index in [9.17, 15) is 4.79 Å². The number of nitrogens with one attached hydrogen (secondary N) is 1. The number of aryl methyl sites for hydroxylation is 2. The lowest BCUT2D eigenvalue weighted by atomic mass is 9.89. The van der Waals surface area contributed by atoms with Crippen LogP contribution in [0.15, 0.2) is 11.0 Å². The highest BCUT2D eigenvalue weighted by Gasteiger charge is 2.23. The topological polar surface area (TPSA) is 55.6 Å². The third-order valence-electron chi connectivity index (χ3n) is 5.10. The van der Waals surface area contributed by atoms with Crippen LogP contribution in [0.25, 0.3) is 10.2 Å². The Kier molecular flexibility index (Phi) is 3.73. The van der Waals surface area contributed by atoms with Crippen LogP contribution in [0.4, 0.5) is 0 Å². The highest BCUT2D eigenvalue weighted by molar-refractivity contribution is 7.71. The SMILES string of the molecule is Cc1c(Cn2c(=S)[nH]c3sc4c(c3c2=O)CCC(C)C4)cnn1C. The number of hydrogen-bond acceptors (Lipinski definition) is 4. The number of fused-ring (bicyclic) bond motifs is 3. The van der Waals surface area contributed by atoms with Crippen LogP contribution >= 0.6 is 23.6 Å². The summed E-state index contributed by atoms with van der Waals surface area (Å²) >= 11 is 7.17. The van der Waals surface area contributed by atoms with E-state index in [-0.39, 0.29) is 5.56 Å². The predicted octanol–water partition coefficient (Wildman–Crippen LogP) is 3.34. The van der Waals surface area contributed by atoms with Gasteiger partial charge in [-0.25, -0.2) is 0 Å². The Morgan fingerprint density at radius 1 is 1.50 bits per heavy atom. The Labute approximate surface area is 149 Å². The van der Waals surface area contributed by atoms with Crippen molar-refractivity contribution in [1.82, 2.24) is 19.3 Å². The summed E-state index contributed by atoms with van der Waals surface area (Å²) in [7, 11) is 1.90. The molecule has 0 aliphatic heterocycles. The largest absolute Gasteiger partial charge is 0.323 e. The van der Waals surface area contributed by atoms with E-state index in [0.29, 0.717) is 17.2 Å². The molecule has 24 heavy (non-hydrogen) atoms. The van der Waals surface area contributed by atoms with Crippen molar-refractivity contribution >= 4 is 33.8 Å². The fourth-order valence-corrected chi connectivity index (χ4v) is 5.19. The predicted molar refractivity (Wildman–Crippen MR) is 99.5 cm³/mol. The lowest BCUT2D eigenvalue weighted by Crippen LogP contribution is -2.23. The minimum absolute atomic E-state index is 0.0315. The molecule has 0 saturated heterocycles. The Bertz CT molecular complexity index is 1050. The summed E-state index contributed by atoms with van der Waals surface area (Å²) in [6, 6.07) is 0. The molecule has 1 N–H and O–H groups in total. The fraction of sp³-hybridized carbons (Fsp3) is 0.471. The monoisotopic (exact) mass is 360 g/mol. The van der Waals surface area contributed by atoms with Gasteiger partial charge in [0.05, 0.1) is 18.1 Å². The van der Waals surface area contributed by atoms with E-state index in [4.69, 9.17) is 12.2 Å². The van der Waals surface area contributed by atoms with E-state index < -0.39 is 0 Å². The lowest BCUT2D eigenvalue weighted by molar-refractivity contribution is 0.509. The maximum atomic E-state index is 13.1. The van der Waals surface area contributed by atoms with Gasteiger partial charge in [-0.3, -0.25) is 14.0 Å². The molecule has 3 aromatic rings. The van der Waals surface area contributed by atoms with Gasteiger partial charge in [0.15, 0.2) is 4.77 Å². The van der Waals surface area contributed by atoms with Crippen molar-refractivity contribution in [1.29, 1.82) is 0 Å². The van der Waals surface area contributed by atoms with Crippen LogP contribution in [0.5, 0.6) is 0 Å². The van der Waals surface area contributed by atoms with Crippen LogP contribution in [0.1, 0.15) is 35.0 Å².